The smallest absolute Gasteiger partial charge is 0.303 e. The van der Waals surface area contributed by atoms with Gasteiger partial charge in [-0.25, -0.2) is 0 Å². The molecule has 0 radical (unpaired) electrons. The van der Waals surface area contributed by atoms with Gasteiger partial charge in [-0.05, 0) is 18.4 Å². The van der Waals surface area contributed by atoms with Crippen molar-refractivity contribution in [2.75, 3.05) is 6.61 Å². The predicted molar refractivity (Wildman–Crippen MR) is 66.4 cm³/mol. The third-order valence-electron chi connectivity index (χ3n) is 2.58. The summed E-state index contributed by atoms with van der Waals surface area (Å²) in [6, 6.07) is 0. The number of carbonyl (C=O) groups is 2. The van der Waals surface area contributed by atoms with Crippen LogP contribution in [-0.2, 0) is 23.8 Å². The molecule has 1 aliphatic carbocycles. The molecule has 0 N–H and O–H groups in total. The SMILES string of the molecule is CC(=O)OCC(=O)C1=COC=C(C2=CC=CCC2)O1. The molecule has 5 nitrogen and oxygen atoms in total. The zero-order valence-corrected chi connectivity index (χ0v) is 10.5. The first kappa shape index (κ1) is 13.1. The van der Waals surface area contributed by atoms with Crippen molar-refractivity contribution in [2.45, 2.75) is 19.8 Å². The second-order valence-electron chi connectivity index (χ2n) is 4.06. The van der Waals surface area contributed by atoms with E-state index in [1.807, 2.05) is 12.2 Å². The number of allylic oxidation sites excluding steroid dienone is 4. The number of esters is 1. The number of ketones is 1. The molecular weight excluding hydrogens is 248 g/mol. The molecule has 1 aliphatic heterocycles. The van der Waals surface area contributed by atoms with Crippen LogP contribution in [0.4, 0.5) is 0 Å². The van der Waals surface area contributed by atoms with Crippen LogP contribution in [0.5, 0.6) is 0 Å². The monoisotopic (exact) mass is 262 g/mol. The lowest BCUT2D eigenvalue weighted by atomic mass is 10.0. The van der Waals surface area contributed by atoms with Gasteiger partial charge in [0, 0.05) is 6.92 Å². The Morgan fingerprint density at radius 1 is 1.37 bits per heavy atom. The lowest BCUT2D eigenvalue weighted by molar-refractivity contribution is -0.145. The summed E-state index contributed by atoms with van der Waals surface area (Å²) >= 11 is 0. The second-order valence-corrected chi connectivity index (χ2v) is 4.06. The lowest BCUT2D eigenvalue weighted by Crippen LogP contribution is -2.17. The van der Waals surface area contributed by atoms with E-state index in [9.17, 15) is 9.59 Å². The zero-order chi connectivity index (χ0) is 13.7. The van der Waals surface area contributed by atoms with E-state index >= 15 is 0 Å². The van der Waals surface area contributed by atoms with E-state index < -0.39 is 11.8 Å². The van der Waals surface area contributed by atoms with Crippen molar-refractivity contribution in [1.82, 2.24) is 0 Å². The Bertz CT molecular complexity index is 508. The summed E-state index contributed by atoms with van der Waals surface area (Å²) in [5.41, 5.74) is 0.966. The quantitative estimate of drug-likeness (QED) is 0.726. The number of hydrogen-bond donors (Lipinski definition) is 0. The largest absolute Gasteiger partial charge is 0.465 e. The minimum Gasteiger partial charge on any atom is -0.465 e. The lowest BCUT2D eigenvalue weighted by Gasteiger charge is -2.18. The Hall–Kier alpha value is -2.30. The van der Waals surface area contributed by atoms with Crippen molar-refractivity contribution < 1.29 is 23.8 Å². The summed E-state index contributed by atoms with van der Waals surface area (Å²) < 4.78 is 15.2. The molecule has 0 aromatic rings. The minimum atomic E-state index is -0.512. The maximum absolute atomic E-state index is 11.7. The normalized spacial score (nSPS) is 17.4. The molecule has 0 atom stereocenters. The molecule has 0 aromatic carbocycles. The van der Waals surface area contributed by atoms with Gasteiger partial charge in [-0.15, -0.1) is 0 Å². The van der Waals surface area contributed by atoms with Gasteiger partial charge in [0.25, 0.3) is 0 Å². The molecule has 100 valence electrons. The molecule has 2 rings (SSSR count). The van der Waals surface area contributed by atoms with Gasteiger partial charge in [0.05, 0.1) is 0 Å². The summed E-state index contributed by atoms with van der Waals surface area (Å²) in [4.78, 5) is 22.4. The highest BCUT2D eigenvalue weighted by Crippen LogP contribution is 2.26. The van der Waals surface area contributed by atoms with Crippen molar-refractivity contribution in [3.63, 3.8) is 0 Å². The van der Waals surface area contributed by atoms with Crippen LogP contribution >= 0.6 is 0 Å². The molecule has 0 aromatic heterocycles. The fourth-order valence-corrected chi connectivity index (χ4v) is 1.63. The Labute approximate surface area is 110 Å². The first-order valence-electron chi connectivity index (χ1n) is 5.93. The topological polar surface area (TPSA) is 61.8 Å². The van der Waals surface area contributed by atoms with E-state index in [0.29, 0.717) is 5.76 Å². The molecule has 5 heteroatoms. The molecule has 0 saturated heterocycles. The van der Waals surface area contributed by atoms with Crippen LogP contribution in [0.1, 0.15) is 19.8 Å². The van der Waals surface area contributed by atoms with Gasteiger partial charge in [-0.1, -0.05) is 18.2 Å². The highest BCUT2D eigenvalue weighted by atomic mass is 16.6. The molecule has 0 unspecified atom stereocenters. The van der Waals surface area contributed by atoms with Crippen molar-refractivity contribution in [1.29, 1.82) is 0 Å². The average Bonchev–Trinajstić information content (AvgIpc) is 2.46. The van der Waals surface area contributed by atoms with E-state index in [1.165, 1.54) is 19.4 Å². The number of hydrogen-bond acceptors (Lipinski definition) is 5. The maximum Gasteiger partial charge on any atom is 0.303 e. The van der Waals surface area contributed by atoms with Crippen LogP contribution in [-0.4, -0.2) is 18.4 Å². The van der Waals surface area contributed by atoms with Gasteiger partial charge < -0.3 is 14.2 Å². The first-order chi connectivity index (χ1) is 9.16. The van der Waals surface area contributed by atoms with Gasteiger partial charge in [0.15, 0.2) is 12.4 Å². The van der Waals surface area contributed by atoms with Crippen molar-refractivity contribution >= 4 is 11.8 Å². The van der Waals surface area contributed by atoms with Gasteiger partial charge in [0.1, 0.15) is 12.5 Å². The van der Waals surface area contributed by atoms with Crippen LogP contribution in [0.2, 0.25) is 0 Å². The molecule has 0 saturated carbocycles. The van der Waals surface area contributed by atoms with Crippen LogP contribution in [0.3, 0.4) is 0 Å². The maximum atomic E-state index is 11.7. The van der Waals surface area contributed by atoms with Crippen molar-refractivity contribution in [3.05, 3.63) is 47.8 Å². The fourth-order valence-electron chi connectivity index (χ4n) is 1.63. The van der Waals surface area contributed by atoms with Crippen LogP contribution < -0.4 is 0 Å². The first-order valence-corrected chi connectivity index (χ1v) is 5.93. The minimum absolute atomic E-state index is 0.0363. The van der Waals surface area contributed by atoms with Crippen molar-refractivity contribution in [3.8, 4) is 0 Å². The zero-order valence-electron chi connectivity index (χ0n) is 10.5. The van der Waals surface area contributed by atoms with Gasteiger partial charge in [-0.3, -0.25) is 9.59 Å². The summed E-state index contributed by atoms with van der Waals surface area (Å²) in [5.74, 6) is -0.401. The molecule has 0 amide bonds. The Kier molecular flexibility index (Phi) is 4.18. The fraction of sp³-hybridized carbons (Fsp3) is 0.286. The molecule has 0 fully saturated rings. The highest BCUT2D eigenvalue weighted by molar-refractivity contribution is 5.95. The Balaban J connectivity index is 1.97. The van der Waals surface area contributed by atoms with E-state index in [0.717, 1.165) is 18.4 Å². The number of ether oxygens (including phenoxy) is 3. The summed E-state index contributed by atoms with van der Waals surface area (Å²) in [6.07, 6.45) is 10.3. The second kappa shape index (κ2) is 6.04. The molecule has 1 heterocycles. The van der Waals surface area contributed by atoms with E-state index in [-0.39, 0.29) is 12.4 Å². The highest BCUT2D eigenvalue weighted by Gasteiger charge is 2.21. The summed E-state index contributed by atoms with van der Waals surface area (Å²) in [7, 11) is 0. The molecule has 19 heavy (non-hydrogen) atoms. The molecule has 0 bridgehead atoms. The number of carbonyl (C=O) groups excluding carboxylic acids is 2. The average molecular weight is 262 g/mol. The van der Waals surface area contributed by atoms with Crippen molar-refractivity contribution in [2.24, 2.45) is 0 Å². The predicted octanol–water partition coefficient (Wildman–Crippen LogP) is 2.12. The van der Waals surface area contributed by atoms with Crippen LogP contribution in [0.15, 0.2) is 47.8 Å². The third kappa shape index (κ3) is 3.58. The number of Topliss-reactive ketones (excluding diaryl/α,β-unsaturated/α-hetero) is 1. The summed E-state index contributed by atoms with van der Waals surface area (Å²) in [6.45, 7) is 0.890. The van der Waals surface area contributed by atoms with E-state index in [1.54, 1.807) is 0 Å². The van der Waals surface area contributed by atoms with Gasteiger partial charge in [-0.2, -0.15) is 0 Å². The van der Waals surface area contributed by atoms with Gasteiger partial charge in [0.2, 0.25) is 11.5 Å². The molecule has 2 aliphatic rings. The van der Waals surface area contributed by atoms with Gasteiger partial charge >= 0.3 is 5.97 Å². The van der Waals surface area contributed by atoms with Crippen LogP contribution in [0, 0.1) is 0 Å². The Morgan fingerprint density at radius 2 is 2.21 bits per heavy atom. The standard InChI is InChI=1S/C14H14O5/c1-10(15)18-7-12(16)14-9-17-8-13(19-14)11-5-3-2-4-6-11/h2-3,5,8-9H,4,6-7H2,1H3. The Morgan fingerprint density at radius 3 is 2.89 bits per heavy atom. The van der Waals surface area contributed by atoms with E-state index in [4.69, 9.17) is 9.47 Å². The van der Waals surface area contributed by atoms with Crippen LogP contribution in [0.25, 0.3) is 0 Å². The third-order valence-corrected chi connectivity index (χ3v) is 2.58. The van der Waals surface area contributed by atoms with E-state index in [2.05, 4.69) is 10.8 Å². The molecule has 0 spiro atoms. The summed E-state index contributed by atoms with van der Waals surface area (Å²) in [5, 5.41) is 0. The number of rotatable bonds is 4. The molecular formula is C14H14O5.